The number of ether oxygens (including phenoxy) is 1. The molecule has 0 fully saturated rings. The van der Waals surface area contributed by atoms with Gasteiger partial charge >= 0.3 is 5.97 Å². The molecule has 0 saturated carbocycles. The van der Waals surface area contributed by atoms with Crippen LogP contribution < -0.4 is 5.32 Å². The Morgan fingerprint density at radius 1 is 1.32 bits per heavy atom. The zero-order chi connectivity index (χ0) is 14.6. The molecule has 0 aliphatic carbocycles. The van der Waals surface area contributed by atoms with E-state index in [0.717, 1.165) is 0 Å². The topological polar surface area (TPSA) is 86.1 Å². The maximum absolute atomic E-state index is 11.9. The monoisotopic (exact) mass is 268 g/mol. The third-order valence-electron chi connectivity index (χ3n) is 2.33. The number of rotatable bonds is 4. The van der Waals surface area contributed by atoms with Crippen molar-refractivity contribution in [2.75, 3.05) is 0 Å². The lowest BCUT2D eigenvalue weighted by Gasteiger charge is -2.23. The van der Waals surface area contributed by atoms with Crippen LogP contribution in [0.4, 0.5) is 0 Å². The van der Waals surface area contributed by atoms with Gasteiger partial charge in [0, 0.05) is 0 Å². The summed E-state index contributed by atoms with van der Waals surface area (Å²) < 4.78 is 6.60. The molecule has 1 heterocycles. The van der Waals surface area contributed by atoms with Gasteiger partial charge in [-0.2, -0.15) is 5.10 Å². The normalized spacial score (nSPS) is 14.6. The van der Waals surface area contributed by atoms with Crippen LogP contribution in [-0.2, 0) is 14.3 Å². The predicted molar refractivity (Wildman–Crippen MR) is 68.2 cm³/mol. The summed E-state index contributed by atoms with van der Waals surface area (Å²) in [5.74, 6) is -0.782. The lowest BCUT2D eigenvalue weighted by atomic mass is 10.2. The molecule has 0 aromatic carbocycles. The molecule has 0 radical (unpaired) electrons. The van der Waals surface area contributed by atoms with Crippen LogP contribution in [0.15, 0.2) is 12.7 Å². The maximum Gasteiger partial charge on any atom is 0.328 e. The van der Waals surface area contributed by atoms with E-state index in [1.807, 2.05) is 0 Å². The Balaban J connectivity index is 2.55. The maximum atomic E-state index is 11.9. The number of carbonyl (C=O) groups excluding carboxylic acids is 2. The van der Waals surface area contributed by atoms with Crippen molar-refractivity contribution < 1.29 is 14.3 Å². The van der Waals surface area contributed by atoms with Crippen molar-refractivity contribution in [3.63, 3.8) is 0 Å². The second-order valence-corrected chi connectivity index (χ2v) is 5.32. The summed E-state index contributed by atoms with van der Waals surface area (Å²) in [6.45, 7) is 8.58. The van der Waals surface area contributed by atoms with E-state index in [4.69, 9.17) is 4.74 Å². The second kappa shape index (κ2) is 5.81. The van der Waals surface area contributed by atoms with E-state index < -0.39 is 23.7 Å². The first-order valence-corrected chi connectivity index (χ1v) is 6.08. The summed E-state index contributed by atoms with van der Waals surface area (Å²) in [5, 5.41) is 6.47. The minimum Gasteiger partial charge on any atom is -0.458 e. The molecule has 1 N–H and O–H groups in total. The van der Waals surface area contributed by atoms with E-state index in [0.29, 0.717) is 0 Å². The molecule has 7 heteroatoms. The molecule has 0 saturated heterocycles. The first-order chi connectivity index (χ1) is 8.70. The smallest absolute Gasteiger partial charge is 0.328 e. The van der Waals surface area contributed by atoms with Crippen LogP contribution in [0.5, 0.6) is 0 Å². The lowest BCUT2D eigenvalue weighted by Crippen LogP contribution is -2.44. The van der Waals surface area contributed by atoms with Crippen molar-refractivity contribution in [1.29, 1.82) is 0 Å². The van der Waals surface area contributed by atoms with E-state index in [2.05, 4.69) is 15.4 Å². The van der Waals surface area contributed by atoms with Gasteiger partial charge in [-0.25, -0.2) is 14.5 Å². The fourth-order valence-corrected chi connectivity index (χ4v) is 1.32. The SMILES string of the molecule is CC(C(=O)N[C@@H](C)C(=O)OC(C)(C)C)n1cncn1. The zero-order valence-electron chi connectivity index (χ0n) is 11.9. The number of esters is 1. The number of carbonyl (C=O) groups is 2. The average molecular weight is 268 g/mol. The summed E-state index contributed by atoms with van der Waals surface area (Å²) in [4.78, 5) is 27.4. The highest BCUT2D eigenvalue weighted by Crippen LogP contribution is 2.09. The van der Waals surface area contributed by atoms with Crippen molar-refractivity contribution in [2.45, 2.75) is 52.3 Å². The molecule has 1 unspecified atom stereocenters. The fraction of sp³-hybridized carbons (Fsp3) is 0.667. The van der Waals surface area contributed by atoms with Crippen molar-refractivity contribution in [3.05, 3.63) is 12.7 Å². The van der Waals surface area contributed by atoms with Gasteiger partial charge in [-0.3, -0.25) is 4.79 Å². The number of hydrogen-bond donors (Lipinski definition) is 1. The van der Waals surface area contributed by atoms with Crippen molar-refractivity contribution in [2.24, 2.45) is 0 Å². The second-order valence-electron chi connectivity index (χ2n) is 5.32. The van der Waals surface area contributed by atoms with Crippen LogP contribution in [0, 0.1) is 0 Å². The van der Waals surface area contributed by atoms with Crippen LogP contribution in [-0.4, -0.2) is 38.3 Å². The fourth-order valence-electron chi connectivity index (χ4n) is 1.32. The summed E-state index contributed by atoms with van der Waals surface area (Å²) >= 11 is 0. The third-order valence-corrected chi connectivity index (χ3v) is 2.33. The molecule has 0 aliphatic heterocycles. The van der Waals surface area contributed by atoms with Crippen molar-refractivity contribution in [3.8, 4) is 0 Å². The van der Waals surface area contributed by atoms with E-state index in [1.165, 1.54) is 17.3 Å². The molecule has 0 bridgehead atoms. The predicted octanol–water partition coefficient (Wildman–Crippen LogP) is 0.685. The number of nitrogens with one attached hydrogen (secondary N) is 1. The molecular weight excluding hydrogens is 248 g/mol. The van der Waals surface area contributed by atoms with Crippen molar-refractivity contribution in [1.82, 2.24) is 20.1 Å². The lowest BCUT2D eigenvalue weighted by molar-refractivity contribution is -0.158. The molecule has 1 amide bonds. The highest BCUT2D eigenvalue weighted by Gasteiger charge is 2.25. The van der Waals surface area contributed by atoms with E-state index in [-0.39, 0.29) is 5.91 Å². The molecule has 2 atom stereocenters. The number of nitrogens with zero attached hydrogens (tertiary/aromatic N) is 3. The van der Waals surface area contributed by atoms with Crippen LogP contribution in [0.1, 0.15) is 40.7 Å². The van der Waals surface area contributed by atoms with Gasteiger partial charge in [0.25, 0.3) is 0 Å². The van der Waals surface area contributed by atoms with Crippen molar-refractivity contribution >= 4 is 11.9 Å². The molecule has 1 aromatic rings. The molecular formula is C12H20N4O3. The molecule has 19 heavy (non-hydrogen) atoms. The highest BCUT2D eigenvalue weighted by molar-refractivity contribution is 5.86. The minimum atomic E-state index is -0.710. The first-order valence-electron chi connectivity index (χ1n) is 6.08. The number of amides is 1. The summed E-state index contributed by atoms with van der Waals surface area (Å²) in [7, 11) is 0. The van der Waals surface area contributed by atoms with Crippen LogP contribution in [0.2, 0.25) is 0 Å². The number of aromatic nitrogens is 3. The molecule has 1 aromatic heterocycles. The Labute approximate surface area is 112 Å². The van der Waals surface area contributed by atoms with Gasteiger partial charge in [-0.15, -0.1) is 0 Å². The van der Waals surface area contributed by atoms with Crippen LogP contribution in [0.25, 0.3) is 0 Å². The Morgan fingerprint density at radius 2 is 1.95 bits per heavy atom. The Hall–Kier alpha value is -1.92. The van der Waals surface area contributed by atoms with Crippen LogP contribution >= 0.6 is 0 Å². The molecule has 0 aliphatic rings. The van der Waals surface area contributed by atoms with Gasteiger partial charge in [-0.1, -0.05) is 0 Å². The van der Waals surface area contributed by atoms with E-state index in [1.54, 1.807) is 34.6 Å². The van der Waals surface area contributed by atoms with Gasteiger partial charge in [0.2, 0.25) is 5.91 Å². The van der Waals surface area contributed by atoms with E-state index >= 15 is 0 Å². The zero-order valence-corrected chi connectivity index (χ0v) is 11.9. The quantitative estimate of drug-likeness (QED) is 0.812. The minimum absolute atomic E-state index is 0.316. The third kappa shape index (κ3) is 4.69. The summed E-state index contributed by atoms with van der Waals surface area (Å²) in [6.07, 6.45) is 2.80. The Morgan fingerprint density at radius 3 is 2.42 bits per heavy atom. The van der Waals surface area contributed by atoms with Gasteiger partial charge in [0.15, 0.2) is 0 Å². The van der Waals surface area contributed by atoms with Crippen LogP contribution in [0.3, 0.4) is 0 Å². The van der Waals surface area contributed by atoms with Gasteiger partial charge in [0.1, 0.15) is 30.3 Å². The first kappa shape index (κ1) is 15.1. The number of hydrogen-bond acceptors (Lipinski definition) is 5. The summed E-state index contributed by atoms with van der Waals surface area (Å²) in [6, 6.07) is -1.25. The Bertz CT molecular complexity index is 436. The van der Waals surface area contributed by atoms with Gasteiger partial charge < -0.3 is 10.1 Å². The standard InChI is InChI=1S/C12H20N4O3/c1-8(11(18)19-12(3,4)5)15-10(17)9(2)16-7-13-6-14-16/h6-9H,1-5H3,(H,15,17)/t8-,9?/m0/s1. The molecule has 7 nitrogen and oxygen atoms in total. The highest BCUT2D eigenvalue weighted by atomic mass is 16.6. The largest absolute Gasteiger partial charge is 0.458 e. The van der Waals surface area contributed by atoms with E-state index in [9.17, 15) is 9.59 Å². The Kier molecular flexibility index (Phi) is 4.63. The van der Waals surface area contributed by atoms with Gasteiger partial charge in [0.05, 0.1) is 0 Å². The molecule has 0 spiro atoms. The average Bonchev–Trinajstić information content (AvgIpc) is 2.78. The van der Waals surface area contributed by atoms with Gasteiger partial charge in [-0.05, 0) is 34.6 Å². The molecule has 1 rings (SSSR count). The molecule has 106 valence electrons. The summed E-state index contributed by atoms with van der Waals surface area (Å²) in [5.41, 5.74) is -0.576.